The van der Waals surface area contributed by atoms with Crippen LogP contribution in [0.25, 0.3) is 22.3 Å². The van der Waals surface area contributed by atoms with Crippen LogP contribution in [0.2, 0.25) is 0 Å². The van der Waals surface area contributed by atoms with E-state index in [9.17, 15) is 24.3 Å². The molecule has 2 aromatic heterocycles. The maximum atomic E-state index is 12.9. The van der Waals surface area contributed by atoms with Gasteiger partial charge in [-0.05, 0) is 69.4 Å². The van der Waals surface area contributed by atoms with Crippen LogP contribution in [0.1, 0.15) is 64.4 Å². The van der Waals surface area contributed by atoms with E-state index in [1.165, 1.54) is 6.20 Å². The number of aromatic carboxylic acids is 1. The van der Waals surface area contributed by atoms with Crippen molar-refractivity contribution in [3.63, 3.8) is 0 Å². The fraction of sp³-hybridized carbons (Fsp3) is 0.400. The predicted octanol–water partition coefficient (Wildman–Crippen LogP) is 6.38. The third kappa shape index (κ3) is 9.46. The number of nitrogens with zero attached hydrogens (tertiary/aromatic N) is 2. The Labute approximate surface area is 292 Å². The molecule has 0 unspecified atom stereocenters. The molecule has 2 fully saturated rings. The number of ether oxygens (including phenoxy) is 3. The summed E-state index contributed by atoms with van der Waals surface area (Å²) in [6.07, 6.45) is 10.6. The minimum Gasteiger partial charge on any atom is -0.477 e. The average Bonchev–Trinajstić information content (AvgIpc) is 3.11. The van der Waals surface area contributed by atoms with E-state index in [0.717, 1.165) is 80.9 Å². The number of carboxylic acid groups (broad SMARTS) is 1. The van der Waals surface area contributed by atoms with Gasteiger partial charge >= 0.3 is 11.9 Å². The molecule has 2 saturated heterocycles. The standard InChI is InChI=1S/C21H25NO4.C19H21NO4/c1-3-26-21(24)19-14-22(12-16-8-10-25-11-9-16)13-18(20(19)23)17-6-4-15(2)5-7-17;1-13-2-4-15(5-3-13)16-11-20(10-14-6-8-24-9-7-14)12-17(18(16)21)19(22)23/h4-7,13-14,16H,3,8-12H2,1-2H3;2-5,11-12,14H,6-10H2,1H3,(H,22,23). The molecule has 10 nitrogen and oxygen atoms in total. The van der Waals surface area contributed by atoms with Crippen molar-refractivity contribution in [2.24, 2.45) is 11.8 Å². The number of esters is 1. The quantitative estimate of drug-likeness (QED) is 0.202. The van der Waals surface area contributed by atoms with Gasteiger partial charge in [0.05, 0.1) is 6.61 Å². The lowest BCUT2D eigenvalue weighted by atomic mass is 9.99. The minimum absolute atomic E-state index is 0.0944. The summed E-state index contributed by atoms with van der Waals surface area (Å²) in [6.45, 7) is 10.4. The summed E-state index contributed by atoms with van der Waals surface area (Å²) in [5.41, 5.74) is 3.93. The highest BCUT2D eigenvalue weighted by Gasteiger charge is 2.21. The fourth-order valence-corrected chi connectivity index (χ4v) is 6.31. The number of hydrogen-bond donors (Lipinski definition) is 1. The lowest BCUT2D eigenvalue weighted by Crippen LogP contribution is -2.25. The van der Waals surface area contributed by atoms with E-state index in [2.05, 4.69) is 0 Å². The second-order valence-electron chi connectivity index (χ2n) is 13.1. The number of benzene rings is 2. The lowest BCUT2D eigenvalue weighted by molar-refractivity contribution is 0.0520. The Kier molecular flexibility index (Phi) is 12.6. The zero-order chi connectivity index (χ0) is 35.6. The van der Waals surface area contributed by atoms with Crippen LogP contribution in [0, 0.1) is 25.7 Å². The van der Waals surface area contributed by atoms with Crippen molar-refractivity contribution in [2.45, 2.75) is 59.5 Å². The van der Waals surface area contributed by atoms with Crippen molar-refractivity contribution in [1.29, 1.82) is 0 Å². The van der Waals surface area contributed by atoms with E-state index < -0.39 is 17.4 Å². The summed E-state index contributed by atoms with van der Waals surface area (Å²) >= 11 is 0. The molecule has 10 heteroatoms. The van der Waals surface area contributed by atoms with Crippen LogP contribution in [0.4, 0.5) is 0 Å². The molecule has 0 amide bonds. The number of carbonyl (C=O) groups is 2. The number of carboxylic acids is 1. The molecule has 0 aliphatic carbocycles. The Morgan fingerprint density at radius 3 is 1.48 bits per heavy atom. The first kappa shape index (κ1) is 36.5. The van der Waals surface area contributed by atoms with Gasteiger partial charge in [0, 0.05) is 75.4 Å². The van der Waals surface area contributed by atoms with Crippen LogP contribution in [0.3, 0.4) is 0 Å². The first-order valence-electron chi connectivity index (χ1n) is 17.3. The van der Waals surface area contributed by atoms with E-state index in [4.69, 9.17) is 14.2 Å². The van der Waals surface area contributed by atoms with E-state index in [1.54, 1.807) is 19.3 Å². The second kappa shape index (κ2) is 17.2. The second-order valence-corrected chi connectivity index (χ2v) is 13.1. The zero-order valence-corrected chi connectivity index (χ0v) is 29.1. The van der Waals surface area contributed by atoms with Crippen LogP contribution in [-0.2, 0) is 27.3 Å². The van der Waals surface area contributed by atoms with Crippen molar-refractivity contribution >= 4 is 11.9 Å². The van der Waals surface area contributed by atoms with E-state index >= 15 is 0 Å². The maximum Gasteiger partial charge on any atom is 0.343 e. The van der Waals surface area contributed by atoms with Gasteiger partial charge < -0.3 is 28.5 Å². The Morgan fingerprint density at radius 1 is 0.680 bits per heavy atom. The number of pyridine rings is 2. The molecule has 6 rings (SSSR count). The van der Waals surface area contributed by atoms with Crippen molar-refractivity contribution in [3.8, 4) is 22.3 Å². The Hall–Kier alpha value is -4.80. The first-order chi connectivity index (χ1) is 24.1. The Bertz CT molecular complexity index is 1880. The van der Waals surface area contributed by atoms with Gasteiger partial charge in [-0.15, -0.1) is 0 Å². The van der Waals surface area contributed by atoms with Crippen molar-refractivity contribution < 1.29 is 28.9 Å². The highest BCUT2D eigenvalue weighted by molar-refractivity contribution is 5.90. The molecule has 2 aliphatic heterocycles. The SMILES string of the molecule is CCOC(=O)c1cn(CC2CCOCC2)cc(-c2ccc(C)cc2)c1=O.Cc1ccc(-c2cn(CC3CCOCC3)cc(C(=O)O)c2=O)cc1. The molecule has 0 radical (unpaired) electrons. The van der Waals surface area contributed by atoms with E-state index in [-0.39, 0.29) is 23.2 Å². The Morgan fingerprint density at radius 2 is 1.08 bits per heavy atom. The van der Waals surface area contributed by atoms with Gasteiger partial charge in [-0.25, -0.2) is 9.59 Å². The summed E-state index contributed by atoms with van der Waals surface area (Å²) in [4.78, 5) is 49.2. The zero-order valence-electron chi connectivity index (χ0n) is 29.1. The van der Waals surface area contributed by atoms with Gasteiger partial charge in [-0.3, -0.25) is 9.59 Å². The van der Waals surface area contributed by atoms with Crippen molar-refractivity contribution in [1.82, 2.24) is 9.13 Å². The van der Waals surface area contributed by atoms with Gasteiger partial charge in [0.15, 0.2) is 0 Å². The number of aryl methyl sites for hydroxylation is 2. The summed E-state index contributed by atoms with van der Waals surface area (Å²) in [5.74, 6) is -0.831. The molecule has 1 N–H and O–H groups in total. The first-order valence-corrected chi connectivity index (χ1v) is 17.3. The molecule has 50 heavy (non-hydrogen) atoms. The monoisotopic (exact) mass is 682 g/mol. The van der Waals surface area contributed by atoms with Crippen molar-refractivity contribution in [2.75, 3.05) is 33.0 Å². The Balaban J connectivity index is 0.000000195. The van der Waals surface area contributed by atoms with Gasteiger partial charge in [0.2, 0.25) is 10.9 Å². The lowest BCUT2D eigenvalue weighted by Gasteiger charge is -2.23. The number of rotatable bonds is 9. The molecule has 0 spiro atoms. The molecule has 4 aromatic rings. The molecule has 264 valence electrons. The molecule has 4 heterocycles. The fourth-order valence-electron chi connectivity index (χ4n) is 6.31. The van der Waals surface area contributed by atoms with Crippen LogP contribution >= 0.6 is 0 Å². The highest BCUT2D eigenvalue weighted by atomic mass is 16.5. The average molecular weight is 683 g/mol. The minimum atomic E-state index is -1.19. The predicted molar refractivity (Wildman–Crippen MR) is 192 cm³/mol. The highest BCUT2D eigenvalue weighted by Crippen LogP contribution is 2.22. The number of hydrogen-bond acceptors (Lipinski definition) is 7. The van der Waals surface area contributed by atoms with Crippen LogP contribution in [-0.4, -0.2) is 59.2 Å². The maximum absolute atomic E-state index is 12.9. The summed E-state index contributed by atoms with van der Waals surface area (Å²) in [7, 11) is 0. The van der Waals surface area contributed by atoms with Crippen LogP contribution in [0.5, 0.6) is 0 Å². The van der Waals surface area contributed by atoms with Gasteiger partial charge in [0.1, 0.15) is 11.1 Å². The molecule has 2 aliphatic rings. The third-order valence-electron chi connectivity index (χ3n) is 9.23. The number of aromatic nitrogens is 2. The molecule has 0 bridgehead atoms. The third-order valence-corrected chi connectivity index (χ3v) is 9.23. The summed E-state index contributed by atoms with van der Waals surface area (Å²) in [5, 5.41) is 9.38. The molecule has 0 saturated carbocycles. The largest absolute Gasteiger partial charge is 0.477 e. The normalized spacial score (nSPS) is 15.2. The van der Waals surface area contributed by atoms with E-state index in [1.807, 2.05) is 77.7 Å². The van der Waals surface area contributed by atoms with Crippen LogP contribution < -0.4 is 10.9 Å². The molecular formula is C40H46N2O8. The van der Waals surface area contributed by atoms with Gasteiger partial charge in [-0.1, -0.05) is 59.7 Å². The van der Waals surface area contributed by atoms with E-state index in [0.29, 0.717) is 29.5 Å². The molecular weight excluding hydrogens is 636 g/mol. The van der Waals surface area contributed by atoms with Gasteiger partial charge in [-0.2, -0.15) is 0 Å². The van der Waals surface area contributed by atoms with Crippen LogP contribution in [0.15, 0.2) is 82.9 Å². The molecule has 0 atom stereocenters. The summed E-state index contributed by atoms with van der Waals surface area (Å²) in [6, 6.07) is 15.3. The van der Waals surface area contributed by atoms with Crippen molar-refractivity contribution in [3.05, 3.63) is 116 Å². The molecule has 2 aromatic carbocycles. The van der Waals surface area contributed by atoms with Gasteiger partial charge in [0.25, 0.3) is 0 Å². The summed E-state index contributed by atoms with van der Waals surface area (Å²) < 4.78 is 19.7. The number of carbonyl (C=O) groups excluding carboxylic acids is 1. The smallest absolute Gasteiger partial charge is 0.343 e. The topological polar surface area (TPSA) is 126 Å².